The van der Waals surface area contributed by atoms with Gasteiger partial charge in [0.25, 0.3) is 0 Å². The van der Waals surface area contributed by atoms with Crippen LogP contribution in [0.5, 0.6) is 0 Å². The molecule has 1 saturated heterocycles. The molecule has 146 valence electrons. The summed E-state index contributed by atoms with van der Waals surface area (Å²) in [6.45, 7) is 6.65. The molecule has 1 aromatic carbocycles. The lowest BCUT2D eigenvalue weighted by Crippen LogP contribution is -2.49. The van der Waals surface area contributed by atoms with Crippen molar-refractivity contribution in [2.45, 2.75) is 19.8 Å². The second-order valence-corrected chi connectivity index (χ2v) is 8.59. The van der Waals surface area contributed by atoms with Crippen LogP contribution in [0.3, 0.4) is 0 Å². The van der Waals surface area contributed by atoms with E-state index in [-0.39, 0.29) is 31.2 Å². The van der Waals surface area contributed by atoms with E-state index in [9.17, 15) is 17.6 Å². The van der Waals surface area contributed by atoms with Crippen molar-refractivity contribution in [2.75, 3.05) is 52.1 Å². The quantitative estimate of drug-likeness (QED) is 0.674. The summed E-state index contributed by atoms with van der Waals surface area (Å²) in [5, 5.41) is 0. The molecule has 6 nitrogen and oxygen atoms in total. The van der Waals surface area contributed by atoms with Gasteiger partial charge in [-0.15, -0.1) is 0 Å². The number of hydrogen-bond acceptors (Lipinski definition) is 4. The van der Waals surface area contributed by atoms with E-state index in [0.717, 1.165) is 31.5 Å². The number of piperazine rings is 1. The van der Waals surface area contributed by atoms with Crippen molar-refractivity contribution in [2.24, 2.45) is 0 Å². The van der Waals surface area contributed by atoms with E-state index >= 15 is 0 Å². The van der Waals surface area contributed by atoms with Crippen LogP contribution in [0.15, 0.2) is 24.3 Å². The third kappa shape index (κ3) is 6.34. The van der Waals surface area contributed by atoms with Crippen LogP contribution in [0.4, 0.5) is 4.39 Å². The Labute approximate surface area is 155 Å². The molecule has 1 heterocycles. The number of amides is 1. The molecule has 1 aromatic rings. The molecule has 2 rings (SSSR count). The molecular formula is C18H28FN3O3S. The molecule has 1 aliphatic heterocycles. The zero-order chi connectivity index (χ0) is 19.2. The van der Waals surface area contributed by atoms with Crippen LogP contribution in [-0.4, -0.2) is 80.5 Å². The van der Waals surface area contributed by atoms with Gasteiger partial charge in [0.1, 0.15) is 5.82 Å². The van der Waals surface area contributed by atoms with Crippen molar-refractivity contribution >= 4 is 15.9 Å². The lowest BCUT2D eigenvalue weighted by Gasteiger charge is -2.34. The van der Waals surface area contributed by atoms with Gasteiger partial charge < -0.3 is 9.80 Å². The van der Waals surface area contributed by atoms with Gasteiger partial charge in [-0.2, -0.15) is 0 Å². The Morgan fingerprint density at radius 3 is 2.27 bits per heavy atom. The highest BCUT2D eigenvalue weighted by Crippen LogP contribution is 2.09. The standard InChI is InChI=1S/C18H28FN3O3S/c1-3-20-12-14-21(15-13-20)18(23)9-11-22(26(2,24)25)10-8-16-4-6-17(19)7-5-16/h4-7H,3,8-15H2,1-2H3. The van der Waals surface area contributed by atoms with Crippen molar-refractivity contribution in [3.8, 4) is 0 Å². The Balaban J connectivity index is 1.85. The third-order valence-electron chi connectivity index (χ3n) is 4.78. The molecular weight excluding hydrogens is 357 g/mol. The summed E-state index contributed by atoms with van der Waals surface area (Å²) in [5.41, 5.74) is 0.863. The first kappa shape index (κ1) is 20.8. The van der Waals surface area contributed by atoms with Gasteiger partial charge in [0.15, 0.2) is 0 Å². The highest BCUT2D eigenvalue weighted by molar-refractivity contribution is 7.88. The lowest BCUT2D eigenvalue weighted by atomic mass is 10.1. The van der Waals surface area contributed by atoms with E-state index < -0.39 is 10.0 Å². The average molecular weight is 386 g/mol. The number of sulfonamides is 1. The van der Waals surface area contributed by atoms with Gasteiger partial charge in [0.2, 0.25) is 15.9 Å². The van der Waals surface area contributed by atoms with Crippen LogP contribution in [0, 0.1) is 5.82 Å². The topological polar surface area (TPSA) is 60.9 Å². The Bertz CT molecular complexity index is 686. The molecule has 1 amide bonds. The minimum Gasteiger partial charge on any atom is -0.340 e. The van der Waals surface area contributed by atoms with Crippen molar-refractivity contribution in [1.82, 2.24) is 14.1 Å². The normalized spacial score (nSPS) is 16.2. The molecule has 0 atom stereocenters. The summed E-state index contributed by atoms with van der Waals surface area (Å²) in [6.07, 6.45) is 1.82. The summed E-state index contributed by atoms with van der Waals surface area (Å²) < 4.78 is 38.3. The molecule has 0 unspecified atom stereocenters. The van der Waals surface area contributed by atoms with E-state index in [2.05, 4.69) is 11.8 Å². The Kier molecular flexibility index (Phi) is 7.55. The van der Waals surface area contributed by atoms with Crippen molar-refractivity contribution in [3.63, 3.8) is 0 Å². The van der Waals surface area contributed by atoms with Gasteiger partial charge >= 0.3 is 0 Å². The lowest BCUT2D eigenvalue weighted by molar-refractivity contribution is -0.133. The van der Waals surface area contributed by atoms with Gasteiger partial charge in [-0.1, -0.05) is 19.1 Å². The number of carbonyl (C=O) groups is 1. The van der Waals surface area contributed by atoms with Crippen LogP contribution < -0.4 is 0 Å². The Morgan fingerprint density at radius 1 is 1.12 bits per heavy atom. The number of carbonyl (C=O) groups excluding carboxylic acids is 1. The second-order valence-electron chi connectivity index (χ2n) is 6.60. The predicted octanol–water partition coefficient (Wildman–Crippen LogP) is 1.18. The van der Waals surface area contributed by atoms with Crippen molar-refractivity contribution < 1.29 is 17.6 Å². The largest absolute Gasteiger partial charge is 0.340 e. The smallest absolute Gasteiger partial charge is 0.223 e. The van der Waals surface area contributed by atoms with Crippen LogP contribution in [0.2, 0.25) is 0 Å². The van der Waals surface area contributed by atoms with Gasteiger partial charge in [0, 0.05) is 45.7 Å². The van der Waals surface area contributed by atoms with E-state index in [4.69, 9.17) is 0 Å². The Hall–Kier alpha value is -1.51. The fourth-order valence-corrected chi connectivity index (χ4v) is 3.89. The first-order valence-electron chi connectivity index (χ1n) is 8.99. The van der Waals surface area contributed by atoms with Crippen LogP contribution in [-0.2, 0) is 21.2 Å². The molecule has 0 radical (unpaired) electrons. The molecule has 0 saturated carbocycles. The van der Waals surface area contributed by atoms with Crippen LogP contribution in [0.1, 0.15) is 18.9 Å². The Morgan fingerprint density at radius 2 is 1.73 bits per heavy atom. The summed E-state index contributed by atoms with van der Waals surface area (Å²) in [6, 6.07) is 6.02. The maximum Gasteiger partial charge on any atom is 0.223 e. The summed E-state index contributed by atoms with van der Waals surface area (Å²) in [7, 11) is -3.40. The third-order valence-corrected chi connectivity index (χ3v) is 6.08. The minimum absolute atomic E-state index is 0.00353. The maximum atomic E-state index is 13.0. The number of benzene rings is 1. The predicted molar refractivity (Wildman–Crippen MR) is 99.8 cm³/mol. The van der Waals surface area contributed by atoms with Gasteiger partial charge in [-0.25, -0.2) is 17.1 Å². The van der Waals surface area contributed by atoms with E-state index in [0.29, 0.717) is 19.5 Å². The molecule has 0 aliphatic carbocycles. The van der Waals surface area contributed by atoms with Crippen molar-refractivity contribution in [1.29, 1.82) is 0 Å². The molecule has 1 aliphatic rings. The highest BCUT2D eigenvalue weighted by Gasteiger charge is 2.23. The number of halogens is 1. The van der Waals surface area contributed by atoms with E-state index in [1.165, 1.54) is 16.4 Å². The minimum atomic E-state index is -3.40. The summed E-state index contributed by atoms with van der Waals surface area (Å²) in [5.74, 6) is -0.321. The fraction of sp³-hybridized carbons (Fsp3) is 0.611. The number of likely N-dealkylation sites (N-methyl/N-ethyl adjacent to an activating group) is 1. The van der Waals surface area contributed by atoms with E-state index in [1.54, 1.807) is 12.1 Å². The second kappa shape index (κ2) is 9.43. The molecule has 26 heavy (non-hydrogen) atoms. The van der Waals surface area contributed by atoms with Crippen LogP contribution in [0.25, 0.3) is 0 Å². The van der Waals surface area contributed by atoms with Gasteiger partial charge in [-0.05, 0) is 30.7 Å². The molecule has 1 fully saturated rings. The van der Waals surface area contributed by atoms with Gasteiger partial charge in [0.05, 0.1) is 6.26 Å². The number of hydrogen-bond donors (Lipinski definition) is 0. The zero-order valence-electron chi connectivity index (χ0n) is 15.5. The zero-order valence-corrected chi connectivity index (χ0v) is 16.3. The van der Waals surface area contributed by atoms with Crippen molar-refractivity contribution in [3.05, 3.63) is 35.6 Å². The molecule has 8 heteroatoms. The van der Waals surface area contributed by atoms with Gasteiger partial charge in [-0.3, -0.25) is 4.79 Å². The first-order valence-corrected chi connectivity index (χ1v) is 10.8. The maximum absolute atomic E-state index is 13.0. The SMILES string of the molecule is CCN1CCN(C(=O)CCN(CCc2ccc(F)cc2)S(C)(=O)=O)CC1. The van der Waals surface area contributed by atoms with E-state index in [1.807, 2.05) is 4.90 Å². The first-order chi connectivity index (χ1) is 12.3. The monoisotopic (exact) mass is 385 g/mol. The molecule has 0 N–H and O–H groups in total. The molecule has 0 aromatic heterocycles. The summed E-state index contributed by atoms with van der Waals surface area (Å²) in [4.78, 5) is 16.5. The number of nitrogens with zero attached hydrogens (tertiary/aromatic N) is 3. The number of rotatable bonds is 8. The molecule has 0 spiro atoms. The highest BCUT2D eigenvalue weighted by atomic mass is 32.2. The average Bonchev–Trinajstić information content (AvgIpc) is 2.62. The fourth-order valence-electron chi connectivity index (χ4n) is 3.04. The van der Waals surface area contributed by atoms with Crippen LogP contribution >= 0.6 is 0 Å². The molecule has 0 bridgehead atoms. The summed E-state index contributed by atoms with van der Waals surface area (Å²) >= 11 is 0.